The van der Waals surface area contributed by atoms with Crippen molar-refractivity contribution in [3.63, 3.8) is 0 Å². The number of para-hydroxylation sites is 2. The molecule has 1 heterocycles. The van der Waals surface area contributed by atoms with E-state index in [-0.39, 0.29) is 18.3 Å². The molecule has 1 amide bonds. The lowest BCUT2D eigenvalue weighted by atomic mass is 10.1. The highest BCUT2D eigenvalue weighted by molar-refractivity contribution is 7.99. The zero-order chi connectivity index (χ0) is 21.7. The first-order valence-electron chi connectivity index (χ1n) is 9.53. The lowest BCUT2D eigenvalue weighted by Crippen LogP contribution is -2.16. The molecule has 0 bridgehead atoms. The van der Waals surface area contributed by atoms with Crippen LogP contribution in [0.3, 0.4) is 0 Å². The van der Waals surface area contributed by atoms with E-state index in [1.807, 2.05) is 56.7 Å². The maximum atomic E-state index is 12.4. The number of ether oxygens (including phenoxy) is 2. The highest BCUT2D eigenvalue weighted by atomic mass is 32.2. The number of aryl methyl sites for hydroxylation is 3. The van der Waals surface area contributed by atoms with Gasteiger partial charge in [-0.3, -0.25) is 4.79 Å². The Hall–Kier alpha value is -3.00. The van der Waals surface area contributed by atoms with Crippen molar-refractivity contribution in [1.82, 2.24) is 14.8 Å². The Morgan fingerprint density at radius 2 is 1.77 bits per heavy atom. The first-order chi connectivity index (χ1) is 14.4. The molecule has 0 atom stereocenters. The minimum atomic E-state index is -0.0788. The molecule has 3 aromatic rings. The van der Waals surface area contributed by atoms with Crippen molar-refractivity contribution in [3.05, 3.63) is 58.9 Å². The number of nitrogens with zero attached hydrogens (tertiary/aromatic N) is 3. The monoisotopic (exact) mass is 426 g/mol. The lowest BCUT2D eigenvalue weighted by molar-refractivity contribution is -0.113. The molecule has 0 fully saturated rings. The molecule has 8 heteroatoms. The number of hydrogen-bond donors (Lipinski definition) is 1. The standard InChI is InChI=1S/C22H26N4O3S/c1-14-10-15(2)21(16(3)11-14)23-20(27)13-30-22-25-24-19(26(22)4)12-29-18-9-7-6-8-17(18)28-5/h6-11H,12-13H2,1-5H3,(H,23,27). The van der Waals surface area contributed by atoms with Crippen LogP contribution in [0, 0.1) is 20.8 Å². The van der Waals surface area contributed by atoms with E-state index < -0.39 is 0 Å². The fraction of sp³-hybridized carbons (Fsp3) is 0.318. The summed E-state index contributed by atoms with van der Waals surface area (Å²) < 4.78 is 12.9. The Balaban J connectivity index is 1.58. The molecule has 0 aliphatic rings. The molecule has 30 heavy (non-hydrogen) atoms. The molecular weight excluding hydrogens is 400 g/mol. The third kappa shape index (κ3) is 5.13. The first kappa shape index (κ1) is 21.7. The van der Waals surface area contributed by atoms with Gasteiger partial charge in [0.25, 0.3) is 0 Å². The van der Waals surface area contributed by atoms with Crippen molar-refractivity contribution in [2.75, 3.05) is 18.2 Å². The van der Waals surface area contributed by atoms with Crippen molar-refractivity contribution in [3.8, 4) is 11.5 Å². The van der Waals surface area contributed by atoms with E-state index in [9.17, 15) is 4.79 Å². The Bertz CT molecular complexity index is 1030. The maximum Gasteiger partial charge on any atom is 0.234 e. The molecule has 0 saturated heterocycles. The molecule has 0 saturated carbocycles. The van der Waals surface area contributed by atoms with Gasteiger partial charge in [-0.15, -0.1) is 10.2 Å². The number of aromatic nitrogens is 3. The number of hydrogen-bond acceptors (Lipinski definition) is 6. The van der Waals surface area contributed by atoms with Crippen molar-refractivity contribution < 1.29 is 14.3 Å². The summed E-state index contributed by atoms with van der Waals surface area (Å²) in [5.41, 5.74) is 4.16. The van der Waals surface area contributed by atoms with Crippen LogP contribution in [0.15, 0.2) is 41.6 Å². The van der Waals surface area contributed by atoms with Crippen LogP contribution in [-0.4, -0.2) is 33.5 Å². The number of benzene rings is 2. The number of carbonyl (C=O) groups is 1. The minimum absolute atomic E-state index is 0.0788. The van der Waals surface area contributed by atoms with Gasteiger partial charge >= 0.3 is 0 Å². The van der Waals surface area contributed by atoms with E-state index in [0.29, 0.717) is 22.5 Å². The van der Waals surface area contributed by atoms with E-state index in [4.69, 9.17) is 9.47 Å². The zero-order valence-electron chi connectivity index (χ0n) is 17.9. The van der Waals surface area contributed by atoms with Gasteiger partial charge in [-0.1, -0.05) is 41.6 Å². The number of nitrogens with one attached hydrogen (secondary N) is 1. The van der Waals surface area contributed by atoms with Gasteiger partial charge in [-0.05, 0) is 44.0 Å². The Morgan fingerprint density at radius 3 is 2.43 bits per heavy atom. The van der Waals surface area contributed by atoms with Crippen molar-refractivity contribution in [2.45, 2.75) is 32.5 Å². The van der Waals surface area contributed by atoms with Crippen LogP contribution in [0.4, 0.5) is 5.69 Å². The average Bonchev–Trinajstić information content (AvgIpc) is 3.07. The molecule has 1 aromatic heterocycles. The molecule has 0 aliphatic heterocycles. The second-order valence-electron chi connectivity index (χ2n) is 7.01. The average molecular weight is 427 g/mol. The molecular formula is C22H26N4O3S. The lowest BCUT2D eigenvalue weighted by Gasteiger charge is -2.12. The molecule has 2 aromatic carbocycles. The maximum absolute atomic E-state index is 12.4. The molecule has 0 spiro atoms. The second kappa shape index (κ2) is 9.67. The summed E-state index contributed by atoms with van der Waals surface area (Å²) in [6.45, 7) is 6.29. The van der Waals surface area contributed by atoms with Crippen LogP contribution < -0.4 is 14.8 Å². The van der Waals surface area contributed by atoms with E-state index in [1.54, 1.807) is 7.11 Å². The SMILES string of the molecule is COc1ccccc1OCc1nnc(SCC(=O)Nc2c(C)cc(C)cc2C)n1C. The highest BCUT2D eigenvalue weighted by Crippen LogP contribution is 2.27. The number of carbonyl (C=O) groups excluding carboxylic acids is 1. The number of rotatable bonds is 8. The molecule has 0 aliphatic carbocycles. The summed E-state index contributed by atoms with van der Waals surface area (Å²) in [5, 5.41) is 12.0. The summed E-state index contributed by atoms with van der Waals surface area (Å²) >= 11 is 1.34. The van der Waals surface area contributed by atoms with Gasteiger partial charge in [-0.25, -0.2) is 0 Å². The van der Waals surface area contributed by atoms with Gasteiger partial charge in [0.15, 0.2) is 22.5 Å². The Kier molecular flexibility index (Phi) is 6.99. The summed E-state index contributed by atoms with van der Waals surface area (Å²) in [6, 6.07) is 11.6. The normalized spacial score (nSPS) is 10.7. The fourth-order valence-corrected chi connectivity index (χ4v) is 3.89. The number of anilines is 1. The molecule has 1 N–H and O–H groups in total. The van der Waals surface area contributed by atoms with Crippen LogP contribution >= 0.6 is 11.8 Å². The second-order valence-corrected chi connectivity index (χ2v) is 7.95. The molecule has 0 unspecified atom stereocenters. The van der Waals surface area contributed by atoms with Gasteiger partial charge in [0.1, 0.15) is 6.61 Å². The van der Waals surface area contributed by atoms with Crippen LogP contribution in [0.1, 0.15) is 22.5 Å². The quantitative estimate of drug-likeness (QED) is 0.548. The largest absolute Gasteiger partial charge is 0.493 e. The first-order valence-corrected chi connectivity index (χ1v) is 10.5. The van der Waals surface area contributed by atoms with Gasteiger partial charge < -0.3 is 19.4 Å². The van der Waals surface area contributed by atoms with Crippen LogP contribution in [0.2, 0.25) is 0 Å². The fourth-order valence-electron chi connectivity index (χ4n) is 3.16. The zero-order valence-corrected chi connectivity index (χ0v) is 18.7. The van der Waals surface area contributed by atoms with Crippen LogP contribution in [0.5, 0.6) is 11.5 Å². The summed E-state index contributed by atoms with van der Waals surface area (Å²) in [4.78, 5) is 12.4. The predicted molar refractivity (Wildman–Crippen MR) is 118 cm³/mol. The summed E-state index contributed by atoms with van der Waals surface area (Å²) in [6.07, 6.45) is 0. The van der Waals surface area contributed by atoms with Crippen LogP contribution in [0.25, 0.3) is 0 Å². The van der Waals surface area contributed by atoms with E-state index >= 15 is 0 Å². The number of methoxy groups -OCH3 is 1. The van der Waals surface area contributed by atoms with Gasteiger partial charge in [0, 0.05) is 12.7 Å². The Morgan fingerprint density at radius 1 is 1.10 bits per heavy atom. The van der Waals surface area contributed by atoms with E-state index in [2.05, 4.69) is 27.6 Å². The topological polar surface area (TPSA) is 78.3 Å². The third-order valence-corrected chi connectivity index (χ3v) is 5.64. The molecule has 158 valence electrons. The van der Waals surface area contributed by atoms with E-state index in [0.717, 1.165) is 16.8 Å². The van der Waals surface area contributed by atoms with Crippen molar-refractivity contribution in [2.24, 2.45) is 7.05 Å². The van der Waals surface area contributed by atoms with E-state index in [1.165, 1.54) is 17.3 Å². The minimum Gasteiger partial charge on any atom is -0.493 e. The van der Waals surface area contributed by atoms with Crippen LogP contribution in [-0.2, 0) is 18.4 Å². The van der Waals surface area contributed by atoms with Gasteiger partial charge in [-0.2, -0.15) is 0 Å². The molecule has 0 radical (unpaired) electrons. The predicted octanol–water partition coefficient (Wildman–Crippen LogP) is 4.06. The van der Waals surface area contributed by atoms with Gasteiger partial charge in [0.2, 0.25) is 5.91 Å². The molecule has 3 rings (SSSR count). The number of thioether (sulfide) groups is 1. The number of amides is 1. The molecule has 7 nitrogen and oxygen atoms in total. The third-order valence-electron chi connectivity index (χ3n) is 4.62. The van der Waals surface area contributed by atoms with Crippen molar-refractivity contribution >= 4 is 23.4 Å². The summed E-state index contributed by atoms with van der Waals surface area (Å²) in [5.74, 6) is 2.12. The van der Waals surface area contributed by atoms with Crippen molar-refractivity contribution in [1.29, 1.82) is 0 Å². The smallest absolute Gasteiger partial charge is 0.234 e. The Labute approximate surface area is 180 Å². The highest BCUT2D eigenvalue weighted by Gasteiger charge is 2.14. The van der Waals surface area contributed by atoms with Gasteiger partial charge in [0.05, 0.1) is 12.9 Å². The summed E-state index contributed by atoms with van der Waals surface area (Å²) in [7, 11) is 3.46.